The van der Waals surface area contributed by atoms with E-state index in [0.29, 0.717) is 0 Å². The Kier molecular flexibility index (Phi) is 3.83. The topological polar surface area (TPSA) is 31.2 Å². The fourth-order valence-corrected chi connectivity index (χ4v) is 7.83. The minimum absolute atomic E-state index is 0.904. The second-order valence-electron chi connectivity index (χ2n) is 11.6. The van der Waals surface area contributed by atoms with Gasteiger partial charge in [-0.2, -0.15) is 0 Å². The molecule has 7 aromatic carbocycles. The van der Waals surface area contributed by atoms with E-state index in [9.17, 15) is 0 Å². The van der Waals surface area contributed by atoms with Gasteiger partial charge in [-0.25, -0.2) is 0 Å². The van der Waals surface area contributed by atoms with Gasteiger partial charge in [-0.05, 0) is 59.0 Å². The molecule has 43 heavy (non-hydrogen) atoms. The van der Waals surface area contributed by atoms with Crippen molar-refractivity contribution in [1.82, 2.24) is 4.57 Å². The monoisotopic (exact) mass is 547 g/mol. The third-order valence-electron chi connectivity index (χ3n) is 9.52. The Labute approximate surface area is 244 Å². The minimum Gasteiger partial charge on any atom is -0.456 e. The van der Waals surface area contributed by atoms with Crippen LogP contribution in [0, 0.1) is 0 Å². The van der Waals surface area contributed by atoms with Gasteiger partial charge in [-0.3, -0.25) is 0 Å². The van der Waals surface area contributed by atoms with Crippen LogP contribution in [0.5, 0.6) is 0 Å². The summed E-state index contributed by atoms with van der Waals surface area (Å²) in [7, 11) is 0. The molecule has 0 saturated carbocycles. The summed E-state index contributed by atoms with van der Waals surface area (Å²) in [5.74, 6) is 0. The normalized spacial score (nSPS) is 12.7. The summed E-state index contributed by atoms with van der Waals surface area (Å²) in [6.45, 7) is 0. The van der Waals surface area contributed by atoms with Crippen LogP contribution in [0.3, 0.4) is 0 Å². The van der Waals surface area contributed by atoms with Crippen LogP contribution < -0.4 is 0 Å². The van der Waals surface area contributed by atoms with E-state index < -0.39 is 0 Å². The summed E-state index contributed by atoms with van der Waals surface area (Å²) in [5.41, 5.74) is 11.8. The molecule has 0 amide bonds. The number of rotatable bonds is 2. The molecule has 11 rings (SSSR count). The first-order chi connectivity index (χ1) is 21.3. The molecule has 0 aliphatic heterocycles. The molecular formula is C40H21NO2. The van der Waals surface area contributed by atoms with Gasteiger partial charge in [0.2, 0.25) is 0 Å². The summed E-state index contributed by atoms with van der Waals surface area (Å²) in [6, 6.07) is 45.6. The molecule has 3 aromatic heterocycles. The van der Waals surface area contributed by atoms with Crippen LogP contribution in [0.25, 0.3) is 104 Å². The molecular weight excluding hydrogens is 526 g/mol. The van der Waals surface area contributed by atoms with E-state index in [0.717, 1.165) is 39.1 Å². The highest BCUT2D eigenvalue weighted by Gasteiger charge is 2.27. The first-order valence-electron chi connectivity index (χ1n) is 14.7. The Balaban J connectivity index is 1.35. The second-order valence-corrected chi connectivity index (χ2v) is 11.6. The van der Waals surface area contributed by atoms with Crippen molar-refractivity contribution in [2.75, 3.05) is 0 Å². The third kappa shape index (κ3) is 2.58. The maximum Gasteiger partial charge on any atom is 0.143 e. The predicted octanol–water partition coefficient (Wildman–Crippen LogP) is 11.4. The quantitative estimate of drug-likeness (QED) is 0.215. The number of hydrogen-bond acceptors (Lipinski definition) is 2. The van der Waals surface area contributed by atoms with Crippen molar-refractivity contribution in [3.05, 3.63) is 127 Å². The molecule has 0 fully saturated rings. The van der Waals surface area contributed by atoms with Crippen LogP contribution in [0.2, 0.25) is 0 Å². The molecule has 0 bridgehead atoms. The molecule has 3 heterocycles. The van der Waals surface area contributed by atoms with Crippen molar-refractivity contribution >= 4 is 76.5 Å². The number of hydrogen-bond donors (Lipinski definition) is 0. The lowest BCUT2D eigenvalue weighted by atomic mass is 9.93. The lowest BCUT2D eigenvalue weighted by molar-refractivity contribution is 0.669. The van der Waals surface area contributed by atoms with Gasteiger partial charge in [0.1, 0.15) is 22.3 Å². The molecule has 0 atom stereocenters. The number of para-hydroxylation sites is 3. The number of benzene rings is 7. The van der Waals surface area contributed by atoms with Crippen molar-refractivity contribution in [1.29, 1.82) is 0 Å². The molecule has 0 spiro atoms. The zero-order chi connectivity index (χ0) is 27.8. The molecule has 0 N–H and O–H groups in total. The van der Waals surface area contributed by atoms with Gasteiger partial charge in [-0.15, -0.1) is 0 Å². The van der Waals surface area contributed by atoms with E-state index >= 15 is 0 Å². The Bertz CT molecular complexity index is 2830. The van der Waals surface area contributed by atoms with Crippen LogP contribution in [-0.2, 0) is 0 Å². The van der Waals surface area contributed by atoms with E-state index in [-0.39, 0.29) is 0 Å². The van der Waals surface area contributed by atoms with Crippen LogP contribution >= 0.6 is 0 Å². The summed E-state index contributed by atoms with van der Waals surface area (Å²) >= 11 is 0. The lowest BCUT2D eigenvalue weighted by Gasteiger charge is -2.13. The maximum atomic E-state index is 6.91. The fraction of sp³-hybridized carbons (Fsp3) is 0. The molecule has 10 aromatic rings. The van der Waals surface area contributed by atoms with Gasteiger partial charge in [-0.1, -0.05) is 84.9 Å². The molecule has 1 aliphatic rings. The predicted molar refractivity (Wildman–Crippen MR) is 177 cm³/mol. The molecule has 0 saturated heterocycles. The highest BCUT2D eigenvalue weighted by atomic mass is 16.3. The van der Waals surface area contributed by atoms with Gasteiger partial charge < -0.3 is 13.4 Å². The van der Waals surface area contributed by atoms with Crippen molar-refractivity contribution in [2.24, 2.45) is 0 Å². The Morgan fingerprint density at radius 3 is 1.98 bits per heavy atom. The SMILES string of the molecule is c1ccc(-n2c3ccccc3c3cccc(-c4ccc5c6c4oc4ccc7ccc8oc9cccc-5c9c8c7c46)c32)cc1. The average Bonchev–Trinajstić information content (AvgIpc) is 3.72. The van der Waals surface area contributed by atoms with Crippen molar-refractivity contribution in [2.45, 2.75) is 0 Å². The van der Waals surface area contributed by atoms with Gasteiger partial charge in [0.05, 0.1) is 11.0 Å². The highest BCUT2D eigenvalue weighted by Crippen LogP contribution is 2.52. The number of furan rings is 2. The number of fused-ring (bicyclic) bond motifs is 4. The zero-order valence-electron chi connectivity index (χ0n) is 22.9. The Morgan fingerprint density at radius 1 is 0.395 bits per heavy atom. The van der Waals surface area contributed by atoms with Crippen molar-refractivity contribution in [3.8, 4) is 27.9 Å². The number of aromatic nitrogens is 1. The van der Waals surface area contributed by atoms with Gasteiger partial charge in [0.15, 0.2) is 0 Å². The van der Waals surface area contributed by atoms with E-state index in [1.54, 1.807) is 0 Å². The molecule has 3 nitrogen and oxygen atoms in total. The van der Waals surface area contributed by atoms with Crippen LogP contribution in [0.15, 0.2) is 136 Å². The summed E-state index contributed by atoms with van der Waals surface area (Å²) < 4.78 is 15.7. The van der Waals surface area contributed by atoms with Crippen LogP contribution in [-0.4, -0.2) is 4.57 Å². The van der Waals surface area contributed by atoms with E-state index in [1.165, 1.54) is 65.3 Å². The largest absolute Gasteiger partial charge is 0.456 e. The Hall–Kier alpha value is -5.80. The van der Waals surface area contributed by atoms with Gasteiger partial charge in [0.25, 0.3) is 0 Å². The minimum atomic E-state index is 0.904. The summed E-state index contributed by atoms with van der Waals surface area (Å²) in [4.78, 5) is 0. The maximum absolute atomic E-state index is 6.91. The van der Waals surface area contributed by atoms with Gasteiger partial charge in [0, 0.05) is 54.5 Å². The molecule has 0 unspecified atom stereocenters. The molecule has 0 radical (unpaired) electrons. The highest BCUT2D eigenvalue weighted by molar-refractivity contribution is 6.37. The van der Waals surface area contributed by atoms with Crippen LogP contribution in [0.4, 0.5) is 0 Å². The summed E-state index contributed by atoms with van der Waals surface area (Å²) in [5, 5.41) is 9.60. The van der Waals surface area contributed by atoms with Gasteiger partial charge >= 0.3 is 0 Å². The standard InChI is InChI=1S/C40H21NO2/c1-2-8-23(9-3-1)41-30-14-5-4-10-24(30)27-12-6-13-28(39(27)41)29-19-18-26-25-11-7-15-31-35(25)37-32(42-31)20-16-22-17-21-33-38(34(22)37)36(26)40(29)43-33/h1-21H. The fourth-order valence-electron chi connectivity index (χ4n) is 7.83. The van der Waals surface area contributed by atoms with Crippen LogP contribution in [0.1, 0.15) is 0 Å². The van der Waals surface area contributed by atoms with Crippen molar-refractivity contribution < 1.29 is 8.83 Å². The zero-order valence-corrected chi connectivity index (χ0v) is 22.9. The van der Waals surface area contributed by atoms with Crippen molar-refractivity contribution in [3.63, 3.8) is 0 Å². The first kappa shape index (κ1) is 21.9. The molecule has 198 valence electrons. The average molecular weight is 548 g/mol. The first-order valence-corrected chi connectivity index (χ1v) is 14.7. The summed E-state index contributed by atoms with van der Waals surface area (Å²) in [6.07, 6.45) is 0. The molecule has 1 aliphatic carbocycles. The van der Waals surface area contributed by atoms with E-state index in [1.807, 2.05) is 0 Å². The lowest BCUT2D eigenvalue weighted by Crippen LogP contribution is -1.95. The van der Waals surface area contributed by atoms with E-state index in [4.69, 9.17) is 8.83 Å². The Morgan fingerprint density at radius 2 is 1.07 bits per heavy atom. The number of nitrogens with zero attached hydrogens (tertiary/aromatic N) is 1. The smallest absolute Gasteiger partial charge is 0.143 e. The second kappa shape index (κ2) is 7.53. The third-order valence-corrected chi connectivity index (χ3v) is 9.52. The molecule has 3 heteroatoms. The van der Waals surface area contributed by atoms with E-state index in [2.05, 4.69) is 132 Å².